The van der Waals surface area contributed by atoms with Crippen molar-refractivity contribution in [3.05, 3.63) is 21.5 Å². The molecule has 0 saturated carbocycles. The SMILES string of the molecule is CCC(C)Cn1c(=O)[nH]c2nc[nH]c2c1=S. The van der Waals surface area contributed by atoms with Crippen molar-refractivity contribution >= 4 is 23.4 Å². The average Bonchev–Trinajstić information content (AvgIpc) is 2.71. The van der Waals surface area contributed by atoms with Crippen LogP contribution in [0.2, 0.25) is 0 Å². The molecule has 0 aliphatic rings. The molecule has 86 valence electrons. The van der Waals surface area contributed by atoms with Crippen LogP contribution >= 0.6 is 12.2 Å². The summed E-state index contributed by atoms with van der Waals surface area (Å²) in [5, 5.41) is 0. The smallest absolute Gasteiger partial charge is 0.328 e. The lowest BCUT2D eigenvalue weighted by Crippen LogP contribution is -2.26. The largest absolute Gasteiger partial charge is 0.341 e. The van der Waals surface area contributed by atoms with Crippen molar-refractivity contribution in [1.82, 2.24) is 19.5 Å². The molecule has 0 spiro atoms. The van der Waals surface area contributed by atoms with Crippen LogP contribution in [0.3, 0.4) is 0 Å². The van der Waals surface area contributed by atoms with E-state index < -0.39 is 0 Å². The molecule has 2 aromatic rings. The van der Waals surface area contributed by atoms with Gasteiger partial charge in [0.05, 0.1) is 6.33 Å². The van der Waals surface area contributed by atoms with Crippen molar-refractivity contribution in [2.24, 2.45) is 5.92 Å². The van der Waals surface area contributed by atoms with Crippen molar-refractivity contribution in [3.63, 3.8) is 0 Å². The molecule has 0 fully saturated rings. The van der Waals surface area contributed by atoms with Crippen LogP contribution in [0.15, 0.2) is 11.1 Å². The molecule has 2 N–H and O–H groups in total. The van der Waals surface area contributed by atoms with E-state index in [9.17, 15) is 4.79 Å². The molecule has 0 aliphatic carbocycles. The number of imidazole rings is 1. The second-order valence-electron chi connectivity index (χ2n) is 3.99. The molecule has 0 aliphatic heterocycles. The predicted octanol–water partition coefficient (Wildman–Crippen LogP) is 1.83. The van der Waals surface area contributed by atoms with Crippen LogP contribution in [-0.2, 0) is 6.54 Å². The highest BCUT2D eigenvalue weighted by Crippen LogP contribution is 2.08. The zero-order chi connectivity index (χ0) is 11.7. The van der Waals surface area contributed by atoms with Gasteiger partial charge in [0, 0.05) is 6.54 Å². The lowest BCUT2D eigenvalue weighted by molar-refractivity contribution is 0.453. The molecule has 5 nitrogen and oxygen atoms in total. The molecule has 0 saturated heterocycles. The maximum atomic E-state index is 11.8. The van der Waals surface area contributed by atoms with Gasteiger partial charge in [0.1, 0.15) is 10.2 Å². The summed E-state index contributed by atoms with van der Waals surface area (Å²) < 4.78 is 2.11. The first-order valence-corrected chi connectivity index (χ1v) is 5.70. The highest BCUT2D eigenvalue weighted by atomic mass is 32.1. The van der Waals surface area contributed by atoms with Gasteiger partial charge in [0.15, 0.2) is 5.65 Å². The fourth-order valence-corrected chi connectivity index (χ4v) is 1.87. The van der Waals surface area contributed by atoms with E-state index in [1.54, 1.807) is 4.57 Å². The van der Waals surface area contributed by atoms with Crippen LogP contribution in [0.1, 0.15) is 20.3 Å². The molecule has 1 atom stereocenters. The third kappa shape index (κ3) is 1.80. The number of hydrogen-bond acceptors (Lipinski definition) is 3. The molecule has 2 aromatic heterocycles. The van der Waals surface area contributed by atoms with Gasteiger partial charge < -0.3 is 4.98 Å². The van der Waals surface area contributed by atoms with Gasteiger partial charge in [-0.2, -0.15) is 0 Å². The number of rotatable bonds is 3. The summed E-state index contributed by atoms with van der Waals surface area (Å²) >= 11 is 5.27. The van der Waals surface area contributed by atoms with E-state index >= 15 is 0 Å². The predicted molar refractivity (Wildman–Crippen MR) is 65.0 cm³/mol. The standard InChI is InChI=1S/C10H14N4OS/c1-3-6(2)4-14-9(16)7-8(12-5-11-7)13-10(14)15/h5-6H,3-4H2,1-2H3,(H,11,12)(H,13,15). The monoisotopic (exact) mass is 238 g/mol. The van der Waals surface area contributed by atoms with E-state index in [4.69, 9.17) is 12.2 Å². The number of hydrogen-bond donors (Lipinski definition) is 2. The maximum Gasteiger partial charge on any atom is 0.328 e. The minimum absolute atomic E-state index is 0.190. The molecule has 0 aromatic carbocycles. The summed E-state index contributed by atoms with van der Waals surface area (Å²) in [6.07, 6.45) is 2.55. The average molecular weight is 238 g/mol. The lowest BCUT2D eigenvalue weighted by Gasteiger charge is -2.10. The minimum atomic E-state index is -0.190. The normalized spacial score (nSPS) is 13.1. The van der Waals surface area contributed by atoms with E-state index in [1.165, 1.54) is 6.33 Å². The Bertz CT molecular complexity index is 609. The van der Waals surface area contributed by atoms with Crippen LogP contribution in [0, 0.1) is 10.6 Å². The molecule has 6 heteroatoms. The quantitative estimate of drug-likeness (QED) is 0.802. The number of nitrogens with zero attached hydrogens (tertiary/aromatic N) is 2. The van der Waals surface area contributed by atoms with E-state index in [2.05, 4.69) is 28.8 Å². The Balaban J connectivity index is 2.60. The van der Waals surface area contributed by atoms with Crippen molar-refractivity contribution in [2.75, 3.05) is 0 Å². The molecule has 16 heavy (non-hydrogen) atoms. The topological polar surface area (TPSA) is 66.5 Å². The lowest BCUT2D eigenvalue weighted by atomic mass is 10.1. The van der Waals surface area contributed by atoms with E-state index in [-0.39, 0.29) is 5.69 Å². The second-order valence-corrected chi connectivity index (χ2v) is 4.37. The van der Waals surface area contributed by atoms with Crippen molar-refractivity contribution < 1.29 is 0 Å². The van der Waals surface area contributed by atoms with E-state index in [1.807, 2.05) is 0 Å². The Morgan fingerprint density at radius 2 is 2.38 bits per heavy atom. The van der Waals surface area contributed by atoms with Gasteiger partial charge in [-0.25, -0.2) is 9.78 Å². The summed E-state index contributed by atoms with van der Waals surface area (Å²) in [5.74, 6) is 0.424. The van der Waals surface area contributed by atoms with Gasteiger partial charge in [-0.3, -0.25) is 9.55 Å². The van der Waals surface area contributed by atoms with Gasteiger partial charge in [0.25, 0.3) is 0 Å². The van der Waals surface area contributed by atoms with Crippen LogP contribution < -0.4 is 5.69 Å². The van der Waals surface area contributed by atoms with E-state index in [0.29, 0.717) is 22.8 Å². The summed E-state index contributed by atoms with van der Waals surface area (Å²) in [6, 6.07) is 0. The number of fused-ring (bicyclic) bond motifs is 1. The highest BCUT2D eigenvalue weighted by molar-refractivity contribution is 7.71. The minimum Gasteiger partial charge on any atom is -0.341 e. The number of H-pyrrole nitrogens is 2. The van der Waals surface area contributed by atoms with Crippen LogP contribution in [0.5, 0.6) is 0 Å². The first kappa shape index (κ1) is 11.1. The summed E-state index contributed by atoms with van der Waals surface area (Å²) in [4.78, 5) is 21.4. The second kappa shape index (κ2) is 4.21. The maximum absolute atomic E-state index is 11.8. The third-order valence-corrected chi connectivity index (χ3v) is 3.18. The van der Waals surface area contributed by atoms with Crippen LogP contribution in [0.4, 0.5) is 0 Å². The third-order valence-electron chi connectivity index (χ3n) is 2.76. The molecule has 2 rings (SSSR count). The van der Waals surface area contributed by atoms with E-state index in [0.717, 1.165) is 11.9 Å². The fourth-order valence-electron chi connectivity index (χ4n) is 1.55. The number of nitrogens with one attached hydrogen (secondary N) is 2. The van der Waals surface area contributed by atoms with Gasteiger partial charge in [-0.05, 0) is 5.92 Å². The summed E-state index contributed by atoms with van der Waals surface area (Å²) in [5.41, 5.74) is 1.05. The molecule has 0 radical (unpaired) electrons. The molecule has 1 unspecified atom stereocenters. The number of aromatic amines is 2. The highest BCUT2D eigenvalue weighted by Gasteiger charge is 2.08. The first-order valence-electron chi connectivity index (χ1n) is 5.29. The van der Waals surface area contributed by atoms with Crippen LogP contribution in [0.25, 0.3) is 11.2 Å². The fraction of sp³-hybridized carbons (Fsp3) is 0.500. The molecule has 0 bridgehead atoms. The van der Waals surface area contributed by atoms with Gasteiger partial charge >= 0.3 is 5.69 Å². The Labute approximate surface area is 97.5 Å². The zero-order valence-corrected chi connectivity index (χ0v) is 10.1. The first-order chi connectivity index (χ1) is 7.63. The Morgan fingerprint density at radius 3 is 3.06 bits per heavy atom. The van der Waals surface area contributed by atoms with Crippen molar-refractivity contribution in [1.29, 1.82) is 0 Å². The Morgan fingerprint density at radius 1 is 1.62 bits per heavy atom. The molecular weight excluding hydrogens is 224 g/mol. The Hall–Kier alpha value is -1.43. The molecule has 2 heterocycles. The molecule has 0 amide bonds. The van der Waals surface area contributed by atoms with Crippen LogP contribution in [-0.4, -0.2) is 19.5 Å². The van der Waals surface area contributed by atoms with Gasteiger partial charge in [-0.1, -0.05) is 32.5 Å². The van der Waals surface area contributed by atoms with Crippen molar-refractivity contribution in [2.45, 2.75) is 26.8 Å². The summed E-state index contributed by atoms with van der Waals surface area (Å²) in [7, 11) is 0. The Kier molecular flexibility index (Phi) is 2.91. The number of aromatic nitrogens is 4. The summed E-state index contributed by atoms with van der Waals surface area (Å²) in [6.45, 7) is 4.83. The van der Waals surface area contributed by atoms with Gasteiger partial charge in [-0.15, -0.1) is 0 Å². The van der Waals surface area contributed by atoms with Gasteiger partial charge in [0.2, 0.25) is 0 Å². The molecular formula is C10H14N4OS. The van der Waals surface area contributed by atoms with Crippen molar-refractivity contribution in [3.8, 4) is 0 Å². The zero-order valence-electron chi connectivity index (χ0n) is 9.28.